The van der Waals surface area contributed by atoms with Crippen LogP contribution in [-0.4, -0.2) is 70.2 Å². The lowest BCUT2D eigenvalue weighted by Gasteiger charge is -2.34. The summed E-state index contributed by atoms with van der Waals surface area (Å²) in [6.07, 6.45) is -1.39. The first-order valence-corrected chi connectivity index (χ1v) is 12.9. The van der Waals surface area contributed by atoms with Crippen LogP contribution < -0.4 is 10.1 Å². The average molecular weight is 557 g/mol. The summed E-state index contributed by atoms with van der Waals surface area (Å²) < 4.78 is 61.6. The van der Waals surface area contributed by atoms with E-state index in [0.29, 0.717) is 29.9 Å². The number of amides is 1. The Morgan fingerprint density at radius 2 is 1.80 bits per heavy atom. The molecule has 3 heterocycles. The van der Waals surface area contributed by atoms with Crippen LogP contribution in [0.2, 0.25) is 0 Å². The van der Waals surface area contributed by atoms with Gasteiger partial charge in [0.05, 0.1) is 11.8 Å². The summed E-state index contributed by atoms with van der Waals surface area (Å²) >= 11 is 0. The van der Waals surface area contributed by atoms with Crippen molar-refractivity contribution >= 4 is 22.6 Å². The number of anilines is 1. The molecule has 210 valence electrons. The number of hydrogen-bond donors (Lipinski definition) is 2. The van der Waals surface area contributed by atoms with Gasteiger partial charge in [0.2, 0.25) is 0 Å². The molecule has 0 atom stereocenters. The van der Waals surface area contributed by atoms with Gasteiger partial charge in [0, 0.05) is 55.6 Å². The monoisotopic (exact) mass is 556 g/mol. The van der Waals surface area contributed by atoms with Crippen LogP contribution in [-0.2, 0) is 17.5 Å². The van der Waals surface area contributed by atoms with Gasteiger partial charge in [-0.25, -0.2) is 9.37 Å². The third kappa shape index (κ3) is 6.40. The molecule has 12 heteroatoms. The number of alkyl halides is 3. The van der Waals surface area contributed by atoms with Crippen molar-refractivity contribution in [2.75, 3.05) is 44.6 Å². The van der Waals surface area contributed by atoms with Crippen LogP contribution in [0.1, 0.15) is 18.1 Å². The van der Waals surface area contributed by atoms with E-state index in [1.54, 1.807) is 18.5 Å². The van der Waals surface area contributed by atoms with Gasteiger partial charge in [-0.3, -0.25) is 14.8 Å². The number of ether oxygens (including phenoxy) is 1. The van der Waals surface area contributed by atoms with Crippen molar-refractivity contribution in [3.05, 3.63) is 71.8 Å². The Morgan fingerprint density at radius 3 is 2.52 bits per heavy atom. The number of hydrogen-bond acceptors (Lipinski definition) is 6. The summed E-state index contributed by atoms with van der Waals surface area (Å²) in [5.41, 5.74) is 1.17. The number of halogens is 4. The Bertz CT molecular complexity index is 1500. The molecule has 0 spiro atoms. The smallest absolute Gasteiger partial charge is 0.416 e. The van der Waals surface area contributed by atoms with E-state index in [-0.39, 0.29) is 23.5 Å². The van der Waals surface area contributed by atoms with Crippen LogP contribution >= 0.6 is 0 Å². The topological polar surface area (TPSA) is 86.4 Å². The number of nitrogens with zero attached hydrogens (tertiary/aromatic N) is 4. The van der Waals surface area contributed by atoms with E-state index in [4.69, 9.17) is 4.74 Å². The van der Waals surface area contributed by atoms with Gasteiger partial charge in [-0.05, 0) is 48.0 Å². The summed E-state index contributed by atoms with van der Waals surface area (Å²) in [7, 11) is 0. The number of aromatic amines is 1. The second-order valence-electron chi connectivity index (χ2n) is 9.59. The number of H-pyrrole nitrogens is 1. The molecule has 2 aromatic carbocycles. The molecular weight excluding hydrogens is 528 g/mol. The molecule has 1 aliphatic rings. The quantitative estimate of drug-likeness (QED) is 0.299. The maximum atomic E-state index is 14.7. The summed E-state index contributed by atoms with van der Waals surface area (Å²) in [5, 5.41) is 9.84. The highest BCUT2D eigenvalue weighted by Gasteiger charge is 2.34. The number of benzene rings is 2. The van der Waals surface area contributed by atoms with E-state index in [2.05, 4.69) is 32.3 Å². The Hall–Kier alpha value is -4.03. The molecule has 2 aromatic heterocycles. The van der Waals surface area contributed by atoms with Crippen LogP contribution in [0.5, 0.6) is 5.75 Å². The van der Waals surface area contributed by atoms with Crippen molar-refractivity contribution in [3.63, 3.8) is 0 Å². The highest BCUT2D eigenvalue weighted by Crippen LogP contribution is 2.35. The summed E-state index contributed by atoms with van der Waals surface area (Å²) in [4.78, 5) is 20.9. The lowest BCUT2D eigenvalue weighted by molar-refractivity contribution is -0.138. The number of nitrogens with one attached hydrogen (secondary N) is 2. The maximum Gasteiger partial charge on any atom is 0.416 e. The largest absolute Gasteiger partial charge is 0.481 e. The fourth-order valence-electron chi connectivity index (χ4n) is 4.69. The second-order valence-corrected chi connectivity index (χ2v) is 9.59. The van der Waals surface area contributed by atoms with Gasteiger partial charge in [-0.1, -0.05) is 19.1 Å². The number of aromatic nitrogens is 3. The first kappa shape index (κ1) is 27.5. The number of carbonyl (C=O) groups excluding carboxylic acids is 1. The molecule has 0 radical (unpaired) electrons. The summed E-state index contributed by atoms with van der Waals surface area (Å²) in [6.45, 7) is 5.57. The first-order valence-electron chi connectivity index (χ1n) is 12.9. The van der Waals surface area contributed by atoms with E-state index in [1.807, 2.05) is 11.0 Å². The molecule has 1 fully saturated rings. The highest BCUT2D eigenvalue weighted by molar-refractivity contribution is 5.92. The van der Waals surface area contributed by atoms with Crippen LogP contribution in [0.15, 0.2) is 54.9 Å². The number of piperazine rings is 1. The molecule has 0 saturated carbocycles. The number of carbonyl (C=O) groups is 1. The molecule has 5 rings (SSSR count). The molecule has 4 aromatic rings. The third-order valence-electron chi connectivity index (χ3n) is 6.92. The zero-order valence-electron chi connectivity index (χ0n) is 21.8. The van der Waals surface area contributed by atoms with Gasteiger partial charge in [0.1, 0.15) is 0 Å². The van der Waals surface area contributed by atoms with E-state index in [9.17, 15) is 22.4 Å². The Kier molecular flexibility index (Phi) is 7.99. The molecule has 1 saturated heterocycles. The van der Waals surface area contributed by atoms with E-state index < -0.39 is 30.1 Å². The third-order valence-corrected chi connectivity index (χ3v) is 6.92. The van der Waals surface area contributed by atoms with E-state index in [1.165, 1.54) is 24.3 Å². The predicted octanol–water partition coefficient (Wildman–Crippen LogP) is 4.94. The van der Waals surface area contributed by atoms with E-state index >= 15 is 0 Å². The van der Waals surface area contributed by atoms with Crippen molar-refractivity contribution in [2.45, 2.75) is 19.6 Å². The zero-order chi connectivity index (χ0) is 28.3. The molecule has 0 bridgehead atoms. The zero-order valence-corrected chi connectivity index (χ0v) is 21.8. The summed E-state index contributed by atoms with van der Waals surface area (Å²) in [6, 6.07) is 9.82. The van der Waals surface area contributed by atoms with Crippen molar-refractivity contribution in [3.8, 4) is 16.9 Å². The van der Waals surface area contributed by atoms with Crippen molar-refractivity contribution in [2.24, 2.45) is 0 Å². The number of fused-ring (bicyclic) bond motifs is 1. The molecular formula is C28H28F4N6O2. The van der Waals surface area contributed by atoms with Crippen molar-refractivity contribution in [1.82, 2.24) is 25.0 Å². The van der Waals surface area contributed by atoms with Crippen molar-refractivity contribution < 1.29 is 27.1 Å². The average Bonchev–Trinajstić information content (AvgIpc) is 3.41. The fraction of sp³-hybridized carbons (Fsp3) is 0.321. The Labute approximate surface area is 227 Å². The van der Waals surface area contributed by atoms with Gasteiger partial charge >= 0.3 is 6.18 Å². The molecule has 1 amide bonds. The molecule has 2 N–H and O–H groups in total. The lowest BCUT2D eigenvalue weighted by atomic mass is 10.0. The second kappa shape index (κ2) is 11.6. The van der Waals surface area contributed by atoms with Crippen LogP contribution in [0.3, 0.4) is 0 Å². The molecule has 0 aliphatic carbocycles. The first-order chi connectivity index (χ1) is 19.2. The number of likely N-dealkylation sites (N-methyl/N-ethyl adjacent to an activating group) is 1. The number of pyridine rings is 1. The van der Waals surface area contributed by atoms with Crippen LogP contribution in [0.4, 0.5) is 23.2 Å². The van der Waals surface area contributed by atoms with Gasteiger partial charge < -0.3 is 15.0 Å². The molecule has 40 heavy (non-hydrogen) atoms. The minimum absolute atomic E-state index is 0.0153. The van der Waals surface area contributed by atoms with Crippen LogP contribution in [0.25, 0.3) is 22.2 Å². The lowest BCUT2D eigenvalue weighted by Crippen LogP contribution is -2.45. The standard InChI is InChI=1S/C28H28F4N6O2/c1-2-37-7-9-38(10-8-37)16-19-3-5-22(13-23(19)28(30,31)32)35-26(39)17-40-25-6-4-18(12-24(25)29)20-11-21-15-34-36-27(21)33-14-20/h3-6,11-15H,2,7-10,16-17H2,1H3,(H,35,39)(H,33,34,36). The SMILES string of the molecule is CCN1CCN(Cc2ccc(NC(=O)COc3ccc(-c4cnc5[nH]ncc5c4)cc3F)cc2C(F)(F)F)CC1. The molecule has 0 unspecified atom stereocenters. The van der Waals surface area contributed by atoms with Crippen molar-refractivity contribution in [1.29, 1.82) is 0 Å². The normalized spacial score (nSPS) is 14.9. The highest BCUT2D eigenvalue weighted by atomic mass is 19.4. The fourth-order valence-corrected chi connectivity index (χ4v) is 4.69. The minimum atomic E-state index is -4.58. The molecule has 1 aliphatic heterocycles. The molecule has 8 nitrogen and oxygen atoms in total. The van der Waals surface area contributed by atoms with E-state index in [0.717, 1.165) is 31.1 Å². The predicted molar refractivity (Wildman–Crippen MR) is 142 cm³/mol. The minimum Gasteiger partial charge on any atom is -0.481 e. The van der Waals surface area contributed by atoms with Crippen LogP contribution in [0, 0.1) is 5.82 Å². The maximum absolute atomic E-state index is 14.7. The Balaban J connectivity index is 1.21. The Morgan fingerprint density at radius 1 is 1.02 bits per heavy atom. The number of rotatable bonds is 8. The summed E-state index contributed by atoms with van der Waals surface area (Å²) in [5.74, 6) is -1.57. The van der Waals surface area contributed by atoms with Gasteiger partial charge in [-0.2, -0.15) is 18.3 Å². The van der Waals surface area contributed by atoms with Gasteiger partial charge in [0.15, 0.2) is 23.8 Å². The van der Waals surface area contributed by atoms with Gasteiger partial charge in [0.25, 0.3) is 5.91 Å². The van der Waals surface area contributed by atoms with Gasteiger partial charge in [-0.15, -0.1) is 0 Å².